The average Bonchev–Trinajstić information content (AvgIpc) is 3.21. The number of nitrogens with zero attached hydrogens (tertiary/aromatic N) is 4. The Morgan fingerprint density at radius 3 is 2.59 bits per heavy atom. The van der Waals surface area contributed by atoms with Crippen molar-refractivity contribution in [1.82, 2.24) is 24.4 Å². The summed E-state index contributed by atoms with van der Waals surface area (Å²) in [7, 11) is -3.57. The summed E-state index contributed by atoms with van der Waals surface area (Å²) in [5, 5.41) is 6.42. The van der Waals surface area contributed by atoms with Crippen LogP contribution in [0.2, 0.25) is 0 Å². The smallest absolute Gasteiger partial charge is 0.246 e. The zero-order valence-electron chi connectivity index (χ0n) is 16.2. The third-order valence-corrected chi connectivity index (χ3v) is 7.06. The lowest BCUT2D eigenvalue weighted by molar-refractivity contribution is 0.248. The van der Waals surface area contributed by atoms with Gasteiger partial charge in [-0.3, -0.25) is 15.0 Å². The second-order valence-corrected chi connectivity index (χ2v) is 9.35. The summed E-state index contributed by atoms with van der Waals surface area (Å²) in [5.41, 5.74) is 2.22. The molecule has 1 atom stereocenters. The Morgan fingerprint density at radius 2 is 1.86 bits per heavy atom. The van der Waals surface area contributed by atoms with Gasteiger partial charge >= 0.3 is 0 Å². The van der Waals surface area contributed by atoms with E-state index in [0.717, 1.165) is 25.2 Å². The maximum absolute atomic E-state index is 13.1. The van der Waals surface area contributed by atoms with E-state index >= 15 is 0 Å². The van der Waals surface area contributed by atoms with Gasteiger partial charge in [0.25, 0.3) is 0 Å². The molecular weight excluding hydrogens is 386 g/mol. The highest BCUT2D eigenvalue weighted by atomic mass is 32.2. The van der Waals surface area contributed by atoms with Crippen LogP contribution in [0.1, 0.15) is 11.3 Å². The fourth-order valence-electron chi connectivity index (χ4n) is 3.82. The van der Waals surface area contributed by atoms with Crippen LogP contribution in [0.5, 0.6) is 0 Å². The number of pyridine rings is 1. The Labute approximate surface area is 171 Å². The third-order valence-electron chi connectivity index (χ3n) is 5.23. The molecule has 2 aromatic heterocycles. The topological polar surface area (TPSA) is 82.2 Å². The maximum atomic E-state index is 13.1. The molecule has 1 aliphatic heterocycles. The predicted molar refractivity (Wildman–Crippen MR) is 110 cm³/mol. The van der Waals surface area contributed by atoms with Crippen molar-refractivity contribution in [3.05, 3.63) is 78.4 Å². The molecule has 0 bridgehead atoms. The summed E-state index contributed by atoms with van der Waals surface area (Å²) >= 11 is 0. The van der Waals surface area contributed by atoms with Gasteiger partial charge in [-0.05, 0) is 30.0 Å². The number of H-pyrrole nitrogens is 1. The summed E-state index contributed by atoms with van der Waals surface area (Å²) in [6, 6.07) is 16.2. The van der Waals surface area contributed by atoms with Gasteiger partial charge in [0.15, 0.2) is 0 Å². The highest BCUT2D eigenvalue weighted by Gasteiger charge is 2.32. The van der Waals surface area contributed by atoms with E-state index in [-0.39, 0.29) is 10.8 Å². The Morgan fingerprint density at radius 1 is 1.03 bits per heavy atom. The van der Waals surface area contributed by atoms with E-state index in [4.69, 9.17) is 0 Å². The van der Waals surface area contributed by atoms with Gasteiger partial charge in [0.2, 0.25) is 10.0 Å². The van der Waals surface area contributed by atoms with Crippen LogP contribution in [0.3, 0.4) is 0 Å². The third kappa shape index (κ3) is 4.90. The molecule has 7 nitrogen and oxygen atoms in total. The number of sulfonamides is 1. The van der Waals surface area contributed by atoms with Gasteiger partial charge in [0, 0.05) is 50.8 Å². The largest absolute Gasteiger partial charge is 0.297 e. The van der Waals surface area contributed by atoms with Crippen molar-refractivity contribution < 1.29 is 8.42 Å². The number of aromatic nitrogens is 3. The summed E-state index contributed by atoms with van der Waals surface area (Å²) in [5.74, 6) is 0.151. The van der Waals surface area contributed by atoms with Crippen molar-refractivity contribution in [2.75, 3.05) is 26.2 Å². The number of aromatic amines is 1. The van der Waals surface area contributed by atoms with Gasteiger partial charge in [-0.15, -0.1) is 0 Å². The highest BCUT2D eigenvalue weighted by Crippen LogP contribution is 2.22. The summed E-state index contributed by atoms with van der Waals surface area (Å²) < 4.78 is 27.8. The first-order chi connectivity index (χ1) is 14.1. The molecule has 152 valence electrons. The van der Waals surface area contributed by atoms with E-state index in [9.17, 15) is 8.42 Å². The number of hydrogen-bond donors (Lipinski definition) is 1. The monoisotopic (exact) mass is 411 g/mol. The molecule has 8 heteroatoms. The van der Waals surface area contributed by atoms with Crippen LogP contribution in [-0.4, -0.2) is 59.0 Å². The molecule has 4 rings (SSSR count). The first-order valence-corrected chi connectivity index (χ1v) is 11.2. The van der Waals surface area contributed by atoms with E-state index in [1.54, 1.807) is 10.5 Å². The van der Waals surface area contributed by atoms with Crippen molar-refractivity contribution in [2.24, 2.45) is 5.92 Å². The zero-order chi connectivity index (χ0) is 20.1. The van der Waals surface area contributed by atoms with Crippen molar-refractivity contribution >= 4 is 10.0 Å². The highest BCUT2D eigenvalue weighted by molar-refractivity contribution is 7.89. The molecule has 0 spiro atoms. The molecule has 3 heterocycles. The molecule has 0 saturated carbocycles. The van der Waals surface area contributed by atoms with Gasteiger partial charge in [-0.1, -0.05) is 36.4 Å². The van der Waals surface area contributed by atoms with Crippen LogP contribution in [0.15, 0.2) is 72.0 Å². The van der Waals surface area contributed by atoms with Gasteiger partial charge in [-0.2, -0.15) is 9.40 Å². The second-order valence-electron chi connectivity index (χ2n) is 7.41. The molecule has 1 N–H and O–H groups in total. The fraction of sp³-hybridized carbons (Fsp3) is 0.333. The van der Waals surface area contributed by atoms with Gasteiger partial charge in [0.05, 0.1) is 6.20 Å². The Hall–Kier alpha value is -2.55. The van der Waals surface area contributed by atoms with Gasteiger partial charge < -0.3 is 0 Å². The van der Waals surface area contributed by atoms with E-state index in [1.165, 1.54) is 18.0 Å². The molecule has 3 aromatic rings. The predicted octanol–water partition coefficient (Wildman–Crippen LogP) is 2.17. The Balaban J connectivity index is 1.56. The van der Waals surface area contributed by atoms with Crippen molar-refractivity contribution in [1.29, 1.82) is 0 Å². The minimum Gasteiger partial charge on any atom is -0.297 e. The first kappa shape index (κ1) is 19.8. The van der Waals surface area contributed by atoms with Crippen molar-refractivity contribution in [3.8, 4) is 0 Å². The molecule has 1 aromatic carbocycles. The van der Waals surface area contributed by atoms with E-state index in [0.29, 0.717) is 19.6 Å². The molecule has 1 saturated heterocycles. The van der Waals surface area contributed by atoms with Crippen LogP contribution in [-0.2, 0) is 23.0 Å². The van der Waals surface area contributed by atoms with E-state index in [1.807, 2.05) is 36.4 Å². The van der Waals surface area contributed by atoms with Crippen LogP contribution < -0.4 is 0 Å². The molecule has 1 aliphatic rings. The molecule has 0 aliphatic carbocycles. The number of benzene rings is 1. The van der Waals surface area contributed by atoms with Crippen LogP contribution in [0.4, 0.5) is 0 Å². The minimum atomic E-state index is -3.57. The summed E-state index contributed by atoms with van der Waals surface area (Å²) in [6.45, 7) is 3.24. The quantitative estimate of drug-likeness (QED) is 0.672. The second kappa shape index (κ2) is 8.86. The Bertz CT molecular complexity index is 994. The molecular formula is C21H25N5O2S. The minimum absolute atomic E-state index is 0.151. The SMILES string of the molecule is O=S(=O)(c1cn[nH]c1)N1CCN(Cc2ccccc2)CC(Cc2ccccn2)C1. The molecule has 29 heavy (non-hydrogen) atoms. The van der Waals surface area contributed by atoms with Crippen molar-refractivity contribution in [3.63, 3.8) is 0 Å². The number of rotatable bonds is 6. The average molecular weight is 412 g/mol. The van der Waals surface area contributed by atoms with E-state index in [2.05, 4.69) is 32.2 Å². The van der Waals surface area contributed by atoms with Gasteiger partial charge in [-0.25, -0.2) is 8.42 Å². The standard InChI is InChI=1S/C21H25N5O2S/c27-29(28,21-13-23-24-14-21)26-11-10-25(15-18-6-2-1-3-7-18)16-19(17-26)12-20-8-4-5-9-22-20/h1-9,13-14,19H,10-12,15-17H2,(H,23,24). The molecule has 0 radical (unpaired) electrons. The lowest BCUT2D eigenvalue weighted by atomic mass is 10.0. The fourth-order valence-corrected chi connectivity index (χ4v) is 5.24. The van der Waals surface area contributed by atoms with Crippen LogP contribution >= 0.6 is 0 Å². The molecule has 1 fully saturated rings. The van der Waals surface area contributed by atoms with Crippen LogP contribution in [0, 0.1) is 5.92 Å². The van der Waals surface area contributed by atoms with E-state index < -0.39 is 10.0 Å². The number of hydrogen-bond acceptors (Lipinski definition) is 5. The lowest BCUT2D eigenvalue weighted by Crippen LogP contribution is -2.36. The molecule has 0 amide bonds. The number of nitrogens with one attached hydrogen (secondary N) is 1. The van der Waals surface area contributed by atoms with Crippen LogP contribution in [0.25, 0.3) is 0 Å². The Kier molecular flexibility index (Phi) is 6.03. The maximum Gasteiger partial charge on any atom is 0.246 e. The van der Waals surface area contributed by atoms with Crippen molar-refractivity contribution in [2.45, 2.75) is 17.9 Å². The zero-order valence-corrected chi connectivity index (χ0v) is 17.0. The first-order valence-electron chi connectivity index (χ1n) is 9.76. The normalized spacial score (nSPS) is 19.1. The van der Waals surface area contributed by atoms with Gasteiger partial charge in [0.1, 0.15) is 4.90 Å². The molecule has 1 unspecified atom stereocenters. The lowest BCUT2D eigenvalue weighted by Gasteiger charge is -2.24. The summed E-state index contributed by atoms with van der Waals surface area (Å²) in [6.07, 6.45) is 5.34. The summed E-state index contributed by atoms with van der Waals surface area (Å²) in [4.78, 5) is 7.00.